The quantitative estimate of drug-likeness (QED) is 0.594. The van der Waals surface area contributed by atoms with Crippen molar-refractivity contribution >= 4 is 5.91 Å². The molecule has 26 heavy (non-hydrogen) atoms. The van der Waals surface area contributed by atoms with Crippen molar-refractivity contribution in [3.05, 3.63) is 84.4 Å². The molecule has 1 N–H and O–H groups in total. The van der Waals surface area contributed by atoms with Gasteiger partial charge < -0.3 is 14.2 Å². The summed E-state index contributed by atoms with van der Waals surface area (Å²) >= 11 is 0. The Hall–Kier alpha value is -3.61. The molecule has 0 radical (unpaired) electrons. The number of benzene rings is 1. The molecule has 4 aromatic rings. The van der Waals surface area contributed by atoms with Gasteiger partial charge in [-0.2, -0.15) is 5.10 Å². The number of carbonyl (C=O) groups excluding carboxylic acids is 1. The maximum Gasteiger partial charge on any atom is 0.270 e. The molecule has 0 bridgehead atoms. The van der Waals surface area contributed by atoms with Crippen LogP contribution in [-0.4, -0.2) is 15.7 Å². The highest BCUT2D eigenvalue weighted by Gasteiger charge is 2.19. The zero-order chi connectivity index (χ0) is 17.9. The highest BCUT2D eigenvalue weighted by molar-refractivity contribution is 5.94. The summed E-state index contributed by atoms with van der Waals surface area (Å²) in [5, 5.41) is 7.22. The van der Waals surface area contributed by atoms with E-state index in [1.807, 2.05) is 0 Å². The molecule has 0 spiro atoms. The standard InChI is InChI=1S/C19H14FN3O3/c20-13-5-7-14(8-6-13)23-17(11-16(22-23)18-4-2-10-26-18)19(24)21-12-15-3-1-9-25-15/h1-11H,12H2,(H,21,24). The predicted octanol–water partition coefficient (Wildman–Crippen LogP) is 3.79. The van der Waals surface area contributed by atoms with Crippen molar-refractivity contribution < 1.29 is 18.0 Å². The smallest absolute Gasteiger partial charge is 0.270 e. The third-order valence-electron chi connectivity index (χ3n) is 3.79. The molecular formula is C19H14FN3O3. The van der Waals surface area contributed by atoms with E-state index in [0.29, 0.717) is 28.6 Å². The van der Waals surface area contributed by atoms with E-state index in [1.54, 1.807) is 48.7 Å². The van der Waals surface area contributed by atoms with Gasteiger partial charge in [-0.25, -0.2) is 9.07 Å². The minimum atomic E-state index is -0.365. The summed E-state index contributed by atoms with van der Waals surface area (Å²) in [4.78, 5) is 12.7. The second-order valence-electron chi connectivity index (χ2n) is 5.54. The molecular weight excluding hydrogens is 337 g/mol. The molecule has 0 aliphatic carbocycles. The van der Waals surface area contributed by atoms with Gasteiger partial charge in [0, 0.05) is 6.07 Å². The van der Waals surface area contributed by atoms with Gasteiger partial charge in [-0.05, 0) is 48.5 Å². The van der Waals surface area contributed by atoms with Crippen molar-refractivity contribution in [3.8, 4) is 17.1 Å². The molecule has 0 unspecified atom stereocenters. The summed E-state index contributed by atoms with van der Waals surface area (Å²) < 4.78 is 25.3. The first-order chi connectivity index (χ1) is 12.7. The lowest BCUT2D eigenvalue weighted by Crippen LogP contribution is -2.25. The van der Waals surface area contributed by atoms with Crippen LogP contribution < -0.4 is 5.32 Å². The van der Waals surface area contributed by atoms with Gasteiger partial charge in [0.05, 0.1) is 24.8 Å². The Balaban J connectivity index is 1.69. The number of hydrogen-bond acceptors (Lipinski definition) is 4. The summed E-state index contributed by atoms with van der Waals surface area (Å²) in [6.45, 7) is 0.247. The minimum absolute atomic E-state index is 0.247. The maximum absolute atomic E-state index is 13.2. The lowest BCUT2D eigenvalue weighted by atomic mass is 10.2. The van der Waals surface area contributed by atoms with Crippen molar-refractivity contribution in [2.24, 2.45) is 0 Å². The largest absolute Gasteiger partial charge is 0.467 e. The Labute approximate surface area is 147 Å². The van der Waals surface area contributed by atoms with Crippen LogP contribution in [0, 0.1) is 5.82 Å². The van der Waals surface area contributed by atoms with Gasteiger partial charge in [-0.3, -0.25) is 4.79 Å². The minimum Gasteiger partial charge on any atom is -0.467 e. The van der Waals surface area contributed by atoms with Gasteiger partial charge in [-0.15, -0.1) is 0 Å². The van der Waals surface area contributed by atoms with Crippen LogP contribution in [0.25, 0.3) is 17.1 Å². The SMILES string of the molecule is O=C(NCc1ccco1)c1cc(-c2ccco2)nn1-c1ccc(F)cc1. The van der Waals surface area contributed by atoms with E-state index in [0.717, 1.165) is 0 Å². The Morgan fingerprint density at radius 1 is 1.08 bits per heavy atom. The van der Waals surface area contributed by atoms with Gasteiger partial charge in [0.2, 0.25) is 0 Å². The van der Waals surface area contributed by atoms with Crippen LogP contribution in [0.2, 0.25) is 0 Å². The van der Waals surface area contributed by atoms with Crippen LogP contribution in [-0.2, 0) is 6.54 Å². The van der Waals surface area contributed by atoms with Gasteiger partial charge in [0.25, 0.3) is 5.91 Å². The van der Waals surface area contributed by atoms with Crippen LogP contribution in [0.15, 0.2) is 76.0 Å². The molecule has 3 aromatic heterocycles. The van der Waals surface area contributed by atoms with Crippen LogP contribution in [0.1, 0.15) is 16.2 Å². The number of nitrogens with one attached hydrogen (secondary N) is 1. The molecule has 7 heteroatoms. The van der Waals surface area contributed by atoms with Crippen molar-refractivity contribution in [3.63, 3.8) is 0 Å². The molecule has 3 heterocycles. The fraction of sp³-hybridized carbons (Fsp3) is 0.0526. The Kier molecular flexibility index (Phi) is 4.10. The molecule has 130 valence electrons. The summed E-state index contributed by atoms with van der Waals surface area (Å²) in [5.74, 6) is 0.468. The fourth-order valence-electron chi connectivity index (χ4n) is 2.54. The summed E-state index contributed by atoms with van der Waals surface area (Å²) in [5.41, 5.74) is 1.37. The molecule has 0 atom stereocenters. The number of carbonyl (C=O) groups is 1. The Bertz CT molecular complexity index is 1000. The number of hydrogen-bond donors (Lipinski definition) is 1. The van der Waals surface area contributed by atoms with E-state index in [9.17, 15) is 9.18 Å². The molecule has 0 aliphatic heterocycles. The zero-order valence-corrected chi connectivity index (χ0v) is 13.6. The first-order valence-electron chi connectivity index (χ1n) is 7.91. The van der Waals surface area contributed by atoms with Crippen molar-refractivity contribution in [1.82, 2.24) is 15.1 Å². The monoisotopic (exact) mass is 351 g/mol. The van der Waals surface area contributed by atoms with E-state index in [-0.39, 0.29) is 18.3 Å². The second-order valence-corrected chi connectivity index (χ2v) is 5.54. The van der Waals surface area contributed by atoms with E-state index < -0.39 is 0 Å². The van der Waals surface area contributed by atoms with E-state index in [4.69, 9.17) is 8.83 Å². The van der Waals surface area contributed by atoms with E-state index >= 15 is 0 Å². The molecule has 1 aromatic carbocycles. The summed E-state index contributed by atoms with van der Waals surface area (Å²) in [7, 11) is 0. The average molecular weight is 351 g/mol. The molecule has 0 aliphatic rings. The third kappa shape index (κ3) is 3.14. The van der Waals surface area contributed by atoms with Crippen molar-refractivity contribution in [1.29, 1.82) is 0 Å². The molecule has 0 saturated carbocycles. The molecule has 1 amide bonds. The zero-order valence-electron chi connectivity index (χ0n) is 13.6. The number of amides is 1. The van der Waals surface area contributed by atoms with Crippen molar-refractivity contribution in [2.45, 2.75) is 6.54 Å². The highest BCUT2D eigenvalue weighted by atomic mass is 19.1. The number of rotatable bonds is 5. The van der Waals surface area contributed by atoms with Gasteiger partial charge in [0.15, 0.2) is 5.76 Å². The predicted molar refractivity (Wildman–Crippen MR) is 91.1 cm³/mol. The molecule has 0 saturated heterocycles. The first-order valence-corrected chi connectivity index (χ1v) is 7.91. The van der Waals surface area contributed by atoms with Crippen LogP contribution >= 0.6 is 0 Å². The van der Waals surface area contributed by atoms with E-state index in [1.165, 1.54) is 23.1 Å². The first kappa shape index (κ1) is 15.9. The normalized spacial score (nSPS) is 10.8. The number of halogens is 1. The average Bonchev–Trinajstić information content (AvgIpc) is 3.41. The van der Waals surface area contributed by atoms with Crippen LogP contribution in [0.4, 0.5) is 4.39 Å². The summed E-state index contributed by atoms with van der Waals surface area (Å²) in [6.07, 6.45) is 3.07. The van der Waals surface area contributed by atoms with E-state index in [2.05, 4.69) is 10.4 Å². The topological polar surface area (TPSA) is 73.2 Å². The Morgan fingerprint density at radius 2 is 1.85 bits per heavy atom. The van der Waals surface area contributed by atoms with Gasteiger partial charge in [-0.1, -0.05) is 0 Å². The molecule has 4 rings (SSSR count). The van der Waals surface area contributed by atoms with Crippen molar-refractivity contribution in [2.75, 3.05) is 0 Å². The lowest BCUT2D eigenvalue weighted by molar-refractivity contribution is 0.0940. The lowest BCUT2D eigenvalue weighted by Gasteiger charge is -2.07. The second kappa shape index (κ2) is 6.72. The Morgan fingerprint density at radius 3 is 2.54 bits per heavy atom. The number of furan rings is 2. The highest BCUT2D eigenvalue weighted by Crippen LogP contribution is 2.22. The third-order valence-corrected chi connectivity index (χ3v) is 3.79. The molecule has 0 fully saturated rings. The number of aromatic nitrogens is 2. The van der Waals surface area contributed by atoms with Gasteiger partial charge >= 0.3 is 0 Å². The van der Waals surface area contributed by atoms with Crippen LogP contribution in [0.3, 0.4) is 0 Å². The fourth-order valence-corrected chi connectivity index (χ4v) is 2.54. The molecule has 6 nitrogen and oxygen atoms in total. The number of nitrogens with zero attached hydrogens (tertiary/aromatic N) is 2. The van der Waals surface area contributed by atoms with Crippen LogP contribution in [0.5, 0.6) is 0 Å². The van der Waals surface area contributed by atoms with Gasteiger partial charge in [0.1, 0.15) is 23.0 Å². The maximum atomic E-state index is 13.2. The summed E-state index contributed by atoms with van der Waals surface area (Å²) in [6, 6.07) is 14.4.